The van der Waals surface area contributed by atoms with Crippen LogP contribution in [0.15, 0.2) is 4.52 Å². The van der Waals surface area contributed by atoms with Crippen molar-refractivity contribution in [3.05, 3.63) is 11.7 Å². The summed E-state index contributed by atoms with van der Waals surface area (Å²) in [7, 11) is 0. The highest BCUT2D eigenvalue weighted by Crippen LogP contribution is 2.38. The van der Waals surface area contributed by atoms with Crippen LogP contribution in [0.2, 0.25) is 0 Å². The Morgan fingerprint density at radius 1 is 1.16 bits per heavy atom. The number of nitrogens with two attached hydrogens (primary N) is 1. The van der Waals surface area contributed by atoms with E-state index in [1.54, 1.807) is 0 Å². The first-order valence-electron chi connectivity index (χ1n) is 7.80. The third-order valence-electron chi connectivity index (χ3n) is 4.87. The van der Waals surface area contributed by atoms with Gasteiger partial charge in [-0.05, 0) is 31.6 Å². The standard InChI is InChI=1S/C15H25N3O/c1-11-6-5-9-15(16,10-11)14-17-13(19-18-14)12-7-3-2-4-8-12/h11-12H,2-10,16H2,1H3. The molecule has 0 aromatic carbocycles. The van der Waals surface area contributed by atoms with Gasteiger partial charge in [0.2, 0.25) is 5.89 Å². The highest BCUT2D eigenvalue weighted by Gasteiger charge is 2.37. The Balaban J connectivity index is 1.76. The fourth-order valence-electron chi connectivity index (χ4n) is 3.75. The fourth-order valence-corrected chi connectivity index (χ4v) is 3.75. The zero-order valence-electron chi connectivity index (χ0n) is 11.9. The molecule has 0 saturated heterocycles. The van der Waals surface area contributed by atoms with Crippen LogP contribution < -0.4 is 5.73 Å². The van der Waals surface area contributed by atoms with Crippen molar-refractivity contribution in [3.8, 4) is 0 Å². The summed E-state index contributed by atoms with van der Waals surface area (Å²) in [5.74, 6) is 2.72. The van der Waals surface area contributed by atoms with Crippen LogP contribution in [0.3, 0.4) is 0 Å². The van der Waals surface area contributed by atoms with Crippen molar-refractivity contribution in [1.82, 2.24) is 10.1 Å². The highest BCUT2D eigenvalue weighted by molar-refractivity contribution is 5.08. The molecule has 2 fully saturated rings. The molecule has 0 radical (unpaired) electrons. The van der Waals surface area contributed by atoms with Crippen LogP contribution in [-0.2, 0) is 5.54 Å². The van der Waals surface area contributed by atoms with Crippen molar-refractivity contribution in [3.63, 3.8) is 0 Å². The average Bonchev–Trinajstić information content (AvgIpc) is 2.90. The lowest BCUT2D eigenvalue weighted by Crippen LogP contribution is -2.42. The molecular formula is C15H25N3O. The minimum atomic E-state index is -0.353. The van der Waals surface area contributed by atoms with Gasteiger partial charge in [0.15, 0.2) is 5.82 Å². The van der Waals surface area contributed by atoms with Gasteiger partial charge in [-0.1, -0.05) is 44.2 Å². The molecular weight excluding hydrogens is 238 g/mol. The first kappa shape index (κ1) is 13.1. The maximum absolute atomic E-state index is 6.53. The van der Waals surface area contributed by atoms with Crippen LogP contribution in [0.4, 0.5) is 0 Å². The van der Waals surface area contributed by atoms with Gasteiger partial charge >= 0.3 is 0 Å². The maximum atomic E-state index is 6.53. The number of aromatic nitrogens is 2. The monoisotopic (exact) mass is 263 g/mol. The molecule has 1 heterocycles. The smallest absolute Gasteiger partial charge is 0.229 e. The minimum Gasteiger partial charge on any atom is -0.339 e. The SMILES string of the molecule is CC1CCCC(N)(c2noc(C3CCCCC3)n2)C1. The molecule has 19 heavy (non-hydrogen) atoms. The second kappa shape index (κ2) is 5.23. The Kier molecular flexibility index (Phi) is 3.61. The first-order valence-corrected chi connectivity index (χ1v) is 7.80. The number of nitrogens with zero attached hydrogens (tertiary/aromatic N) is 2. The molecule has 0 amide bonds. The summed E-state index contributed by atoms with van der Waals surface area (Å²) < 4.78 is 5.52. The molecule has 3 rings (SSSR count). The number of rotatable bonds is 2. The van der Waals surface area contributed by atoms with Crippen LogP contribution >= 0.6 is 0 Å². The van der Waals surface area contributed by atoms with Gasteiger partial charge in [0.1, 0.15) is 0 Å². The van der Waals surface area contributed by atoms with Gasteiger partial charge in [0, 0.05) is 5.92 Å². The van der Waals surface area contributed by atoms with Crippen LogP contribution in [0, 0.1) is 5.92 Å². The molecule has 1 aromatic rings. The summed E-state index contributed by atoms with van der Waals surface area (Å²) in [6, 6.07) is 0. The summed E-state index contributed by atoms with van der Waals surface area (Å²) in [5, 5.41) is 4.21. The van der Waals surface area contributed by atoms with Crippen molar-refractivity contribution in [2.75, 3.05) is 0 Å². The summed E-state index contributed by atoms with van der Waals surface area (Å²) in [6.07, 6.45) is 10.7. The molecule has 2 unspecified atom stereocenters. The zero-order valence-corrected chi connectivity index (χ0v) is 11.9. The quantitative estimate of drug-likeness (QED) is 0.887. The molecule has 2 atom stereocenters. The lowest BCUT2D eigenvalue weighted by Gasteiger charge is -2.33. The van der Waals surface area contributed by atoms with Crippen LogP contribution in [0.1, 0.15) is 82.3 Å². The summed E-state index contributed by atoms with van der Waals surface area (Å²) in [4.78, 5) is 4.66. The molecule has 4 nitrogen and oxygen atoms in total. The first-order chi connectivity index (χ1) is 9.17. The predicted molar refractivity (Wildman–Crippen MR) is 73.6 cm³/mol. The van der Waals surface area contributed by atoms with E-state index in [2.05, 4.69) is 17.1 Å². The van der Waals surface area contributed by atoms with E-state index in [4.69, 9.17) is 10.3 Å². The van der Waals surface area contributed by atoms with Crippen molar-refractivity contribution in [2.45, 2.75) is 76.2 Å². The van der Waals surface area contributed by atoms with Gasteiger partial charge in [-0.15, -0.1) is 0 Å². The Labute approximate surface area is 115 Å². The van der Waals surface area contributed by atoms with Crippen molar-refractivity contribution in [1.29, 1.82) is 0 Å². The minimum absolute atomic E-state index is 0.353. The van der Waals surface area contributed by atoms with Gasteiger partial charge < -0.3 is 10.3 Å². The van der Waals surface area contributed by atoms with Crippen LogP contribution in [-0.4, -0.2) is 10.1 Å². The molecule has 106 valence electrons. The Morgan fingerprint density at radius 3 is 2.68 bits per heavy atom. The number of hydrogen-bond donors (Lipinski definition) is 1. The highest BCUT2D eigenvalue weighted by atomic mass is 16.5. The lowest BCUT2D eigenvalue weighted by molar-refractivity contribution is 0.221. The van der Waals surface area contributed by atoms with E-state index < -0.39 is 0 Å². The van der Waals surface area contributed by atoms with E-state index in [0.717, 1.165) is 24.6 Å². The lowest BCUT2D eigenvalue weighted by atomic mass is 9.76. The summed E-state index contributed by atoms with van der Waals surface area (Å²) in [5.41, 5.74) is 6.18. The molecule has 0 spiro atoms. The van der Waals surface area contributed by atoms with Crippen molar-refractivity contribution < 1.29 is 4.52 Å². The molecule has 2 aliphatic rings. The molecule has 2 saturated carbocycles. The van der Waals surface area contributed by atoms with Crippen molar-refractivity contribution >= 4 is 0 Å². The van der Waals surface area contributed by atoms with Gasteiger partial charge in [-0.2, -0.15) is 4.98 Å². The largest absolute Gasteiger partial charge is 0.339 e. The number of hydrogen-bond acceptors (Lipinski definition) is 4. The van der Waals surface area contributed by atoms with E-state index in [0.29, 0.717) is 11.8 Å². The van der Waals surface area contributed by atoms with Crippen LogP contribution in [0.25, 0.3) is 0 Å². The Bertz CT molecular complexity index is 425. The summed E-state index contributed by atoms with van der Waals surface area (Å²) in [6.45, 7) is 2.27. The van der Waals surface area contributed by atoms with E-state index in [1.165, 1.54) is 44.9 Å². The van der Waals surface area contributed by atoms with Gasteiger partial charge in [-0.25, -0.2) is 0 Å². The molecule has 2 aliphatic carbocycles. The van der Waals surface area contributed by atoms with E-state index in [9.17, 15) is 0 Å². The predicted octanol–water partition coefficient (Wildman–Crippen LogP) is 3.48. The normalized spacial score (nSPS) is 33.5. The van der Waals surface area contributed by atoms with Crippen LogP contribution in [0.5, 0.6) is 0 Å². The van der Waals surface area contributed by atoms with Gasteiger partial charge in [0.05, 0.1) is 5.54 Å². The molecule has 2 N–H and O–H groups in total. The molecule has 0 aliphatic heterocycles. The zero-order chi connectivity index (χ0) is 13.3. The third-order valence-corrected chi connectivity index (χ3v) is 4.87. The third kappa shape index (κ3) is 2.69. The molecule has 4 heteroatoms. The van der Waals surface area contributed by atoms with E-state index in [1.807, 2.05) is 0 Å². The Hall–Kier alpha value is -0.900. The topological polar surface area (TPSA) is 64.9 Å². The van der Waals surface area contributed by atoms with Gasteiger partial charge in [0.25, 0.3) is 0 Å². The summed E-state index contributed by atoms with van der Waals surface area (Å²) >= 11 is 0. The maximum Gasteiger partial charge on any atom is 0.229 e. The van der Waals surface area contributed by atoms with E-state index >= 15 is 0 Å². The second-order valence-electron chi connectivity index (χ2n) is 6.65. The molecule has 0 bridgehead atoms. The average molecular weight is 263 g/mol. The van der Waals surface area contributed by atoms with Crippen molar-refractivity contribution in [2.24, 2.45) is 11.7 Å². The van der Waals surface area contributed by atoms with Gasteiger partial charge in [-0.3, -0.25) is 0 Å². The fraction of sp³-hybridized carbons (Fsp3) is 0.867. The molecule has 1 aromatic heterocycles. The second-order valence-corrected chi connectivity index (χ2v) is 6.65. The van der Waals surface area contributed by atoms with E-state index in [-0.39, 0.29) is 5.54 Å². The Morgan fingerprint density at radius 2 is 1.95 bits per heavy atom.